The highest BCUT2D eigenvalue weighted by Crippen LogP contribution is 2.15. The van der Waals surface area contributed by atoms with E-state index in [2.05, 4.69) is 27.7 Å². The molecule has 4 heteroatoms. The predicted octanol–water partition coefficient (Wildman–Crippen LogP) is 5.45. The molecule has 0 aliphatic heterocycles. The van der Waals surface area contributed by atoms with Gasteiger partial charge < -0.3 is 9.47 Å². The average molecular weight is 355 g/mol. The molecule has 0 aromatic carbocycles. The van der Waals surface area contributed by atoms with Crippen LogP contribution in [-0.4, -0.2) is 25.2 Å². The molecule has 0 saturated carbocycles. The second kappa shape index (κ2) is 15.0. The summed E-state index contributed by atoms with van der Waals surface area (Å²) in [6, 6.07) is 0. The molecule has 0 rings (SSSR count). The second-order valence-corrected chi connectivity index (χ2v) is 6.89. The van der Waals surface area contributed by atoms with Crippen molar-refractivity contribution in [3.05, 3.63) is 11.6 Å². The molecule has 0 aliphatic rings. The zero-order chi connectivity index (χ0) is 19.1. The maximum absolute atomic E-state index is 12.0. The number of ether oxygens (including phenoxy) is 2. The number of unbranched alkanes of at least 4 members (excludes halogenated alkanes) is 2. The fourth-order valence-corrected chi connectivity index (χ4v) is 2.58. The minimum atomic E-state index is -0.456. The molecule has 0 N–H and O–H groups in total. The molecule has 0 saturated heterocycles. The molecule has 146 valence electrons. The first kappa shape index (κ1) is 23.7. The summed E-state index contributed by atoms with van der Waals surface area (Å²) in [5.74, 6) is -0.0895. The van der Waals surface area contributed by atoms with Crippen molar-refractivity contribution in [3.8, 4) is 0 Å². The lowest BCUT2D eigenvalue weighted by molar-refractivity contribution is -0.142. The van der Waals surface area contributed by atoms with Crippen molar-refractivity contribution in [1.29, 1.82) is 0 Å². The van der Waals surface area contributed by atoms with E-state index in [-0.39, 0.29) is 0 Å². The molecule has 0 amide bonds. The summed E-state index contributed by atoms with van der Waals surface area (Å²) < 4.78 is 10.6. The van der Waals surface area contributed by atoms with Crippen LogP contribution in [0.15, 0.2) is 11.6 Å². The molecule has 0 aromatic rings. The SMILES string of the molecule is CCCCC(CC)COC(=O)/C=C(/C)C(=O)OCC(CC)CCCC. The van der Waals surface area contributed by atoms with Gasteiger partial charge in [0.1, 0.15) is 0 Å². The molecule has 2 atom stereocenters. The zero-order valence-electron chi connectivity index (χ0n) is 16.9. The zero-order valence-corrected chi connectivity index (χ0v) is 16.9. The van der Waals surface area contributed by atoms with E-state index >= 15 is 0 Å². The summed E-state index contributed by atoms with van der Waals surface area (Å²) in [4.78, 5) is 23.9. The normalized spacial score (nSPS) is 14.0. The Hall–Kier alpha value is -1.32. The van der Waals surface area contributed by atoms with Crippen LogP contribution in [-0.2, 0) is 19.1 Å². The molecule has 4 nitrogen and oxygen atoms in total. The van der Waals surface area contributed by atoms with E-state index in [4.69, 9.17) is 9.47 Å². The summed E-state index contributed by atoms with van der Waals surface area (Å²) >= 11 is 0. The van der Waals surface area contributed by atoms with E-state index in [0.29, 0.717) is 30.6 Å². The van der Waals surface area contributed by atoms with Gasteiger partial charge >= 0.3 is 11.9 Å². The Labute approximate surface area is 154 Å². The van der Waals surface area contributed by atoms with Crippen LogP contribution in [0.5, 0.6) is 0 Å². The Morgan fingerprint density at radius 3 is 1.76 bits per heavy atom. The number of hydrogen-bond donors (Lipinski definition) is 0. The fourth-order valence-electron chi connectivity index (χ4n) is 2.58. The summed E-state index contributed by atoms with van der Waals surface area (Å²) in [5, 5.41) is 0. The van der Waals surface area contributed by atoms with Gasteiger partial charge in [0, 0.05) is 11.6 Å². The first-order chi connectivity index (χ1) is 12.0. The van der Waals surface area contributed by atoms with E-state index in [9.17, 15) is 9.59 Å². The summed E-state index contributed by atoms with van der Waals surface area (Å²) in [6.07, 6.45) is 9.97. The molecule has 0 fully saturated rings. The monoisotopic (exact) mass is 354 g/mol. The van der Waals surface area contributed by atoms with Crippen LogP contribution < -0.4 is 0 Å². The number of hydrogen-bond acceptors (Lipinski definition) is 4. The van der Waals surface area contributed by atoms with Crippen LogP contribution >= 0.6 is 0 Å². The van der Waals surface area contributed by atoms with Gasteiger partial charge in [-0.2, -0.15) is 0 Å². The van der Waals surface area contributed by atoms with Crippen molar-refractivity contribution in [2.75, 3.05) is 13.2 Å². The van der Waals surface area contributed by atoms with Crippen LogP contribution in [0.2, 0.25) is 0 Å². The third-order valence-electron chi connectivity index (χ3n) is 4.65. The standard InChI is InChI=1S/C21H38O4/c1-6-10-12-18(8-3)15-24-20(22)14-17(5)21(23)25-16-19(9-4)13-11-7-2/h14,18-19H,6-13,15-16H2,1-5H3/b17-14-. The first-order valence-electron chi connectivity index (χ1n) is 10.00. The lowest BCUT2D eigenvalue weighted by Gasteiger charge is -2.15. The van der Waals surface area contributed by atoms with Gasteiger partial charge in [-0.15, -0.1) is 0 Å². The molecule has 0 aliphatic carbocycles. The predicted molar refractivity (Wildman–Crippen MR) is 102 cm³/mol. The molecule has 25 heavy (non-hydrogen) atoms. The van der Waals surface area contributed by atoms with Gasteiger partial charge in [0.2, 0.25) is 0 Å². The van der Waals surface area contributed by atoms with Crippen molar-refractivity contribution < 1.29 is 19.1 Å². The van der Waals surface area contributed by atoms with Crippen LogP contribution in [0.4, 0.5) is 0 Å². The quantitative estimate of drug-likeness (QED) is 0.307. The highest BCUT2D eigenvalue weighted by atomic mass is 16.5. The molecular formula is C21H38O4. The van der Waals surface area contributed by atoms with Gasteiger partial charge in [-0.1, -0.05) is 66.2 Å². The third-order valence-corrected chi connectivity index (χ3v) is 4.65. The maximum Gasteiger partial charge on any atom is 0.333 e. The van der Waals surface area contributed by atoms with Gasteiger partial charge in [0.05, 0.1) is 13.2 Å². The Kier molecular flexibility index (Phi) is 14.2. The molecule has 0 aromatic heterocycles. The number of carbonyl (C=O) groups excluding carboxylic acids is 2. The largest absolute Gasteiger partial charge is 0.462 e. The molecule has 0 spiro atoms. The van der Waals surface area contributed by atoms with Gasteiger partial charge in [-0.05, 0) is 31.6 Å². The van der Waals surface area contributed by atoms with Crippen molar-refractivity contribution >= 4 is 11.9 Å². The van der Waals surface area contributed by atoms with Crippen LogP contribution in [0, 0.1) is 11.8 Å². The topological polar surface area (TPSA) is 52.6 Å². The number of esters is 2. The third kappa shape index (κ3) is 11.8. The molecule has 0 bridgehead atoms. The summed E-state index contributed by atoms with van der Waals surface area (Å²) in [7, 11) is 0. The lowest BCUT2D eigenvalue weighted by Crippen LogP contribution is -2.16. The van der Waals surface area contributed by atoms with E-state index in [0.717, 1.165) is 51.4 Å². The lowest BCUT2D eigenvalue weighted by atomic mass is 10.0. The Morgan fingerprint density at radius 1 is 0.840 bits per heavy atom. The van der Waals surface area contributed by atoms with Gasteiger partial charge in [-0.25, -0.2) is 9.59 Å². The Balaban J connectivity index is 4.29. The highest BCUT2D eigenvalue weighted by Gasteiger charge is 2.14. The van der Waals surface area contributed by atoms with Crippen LogP contribution in [0.3, 0.4) is 0 Å². The number of carbonyl (C=O) groups is 2. The Morgan fingerprint density at radius 2 is 1.32 bits per heavy atom. The fraction of sp³-hybridized carbons (Fsp3) is 0.810. The van der Waals surface area contributed by atoms with Crippen molar-refractivity contribution in [1.82, 2.24) is 0 Å². The molecular weight excluding hydrogens is 316 g/mol. The van der Waals surface area contributed by atoms with Crippen molar-refractivity contribution in [3.63, 3.8) is 0 Å². The number of rotatable bonds is 14. The van der Waals surface area contributed by atoms with Gasteiger partial charge in [0.15, 0.2) is 0 Å². The smallest absolute Gasteiger partial charge is 0.333 e. The van der Waals surface area contributed by atoms with Crippen LogP contribution in [0.1, 0.15) is 86.0 Å². The van der Waals surface area contributed by atoms with E-state index in [1.807, 2.05) is 0 Å². The van der Waals surface area contributed by atoms with E-state index < -0.39 is 11.9 Å². The maximum atomic E-state index is 12.0. The average Bonchev–Trinajstić information content (AvgIpc) is 2.61. The van der Waals surface area contributed by atoms with E-state index in [1.165, 1.54) is 6.08 Å². The molecule has 2 unspecified atom stereocenters. The highest BCUT2D eigenvalue weighted by molar-refractivity contribution is 5.95. The minimum absolute atomic E-state index is 0.303. The Bertz CT molecular complexity index is 401. The van der Waals surface area contributed by atoms with Gasteiger partial charge in [-0.3, -0.25) is 0 Å². The van der Waals surface area contributed by atoms with Crippen molar-refractivity contribution in [2.45, 2.75) is 86.0 Å². The first-order valence-corrected chi connectivity index (χ1v) is 10.00. The van der Waals surface area contributed by atoms with E-state index in [1.54, 1.807) is 6.92 Å². The molecule has 0 heterocycles. The van der Waals surface area contributed by atoms with Crippen LogP contribution in [0.25, 0.3) is 0 Å². The minimum Gasteiger partial charge on any atom is -0.462 e. The molecule has 0 radical (unpaired) electrons. The summed E-state index contributed by atoms with van der Waals surface area (Å²) in [5.41, 5.74) is 0.303. The van der Waals surface area contributed by atoms with Gasteiger partial charge in [0.25, 0.3) is 0 Å². The second-order valence-electron chi connectivity index (χ2n) is 6.89. The summed E-state index contributed by atoms with van der Waals surface area (Å²) in [6.45, 7) is 11.0. The van der Waals surface area contributed by atoms with Crippen molar-refractivity contribution in [2.24, 2.45) is 11.8 Å².